The molecule has 1 rings (SSSR count). The summed E-state index contributed by atoms with van der Waals surface area (Å²) in [4.78, 5) is 11.3. The van der Waals surface area contributed by atoms with E-state index in [4.69, 9.17) is 5.14 Å². The summed E-state index contributed by atoms with van der Waals surface area (Å²) < 4.78 is 27.6. The number of hydrogen-bond acceptors (Lipinski definition) is 4. The lowest BCUT2D eigenvalue weighted by Crippen LogP contribution is -2.15. The van der Waals surface area contributed by atoms with E-state index in [0.29, 0.717) is 9.13 Å². The second-order valence-electron chi connectivity index (χ2n) is 3.14. The molecule has 88 valence electrons. The average Bonchev–Trinajstić information content (AvgIpc) is 2.19. The molecule has 0 saturated carbocycles. The fourth-order valence-electron chi connectivity index (χ4n) is 1.16. The Morgan fingerprint density at radius 1 is 1.44 bits per heavy atom. The SMILES string of the molecule is COC(=O)c1cc(S(N)(=O)=O)cc(C)c1I. The van der Waals surface area contributed by atoms with Gasteiger partial charge in [-0.1, -0.05) is 0 Å². The molecule has 0 bridgehead atoms. The third-order valence-corrected chi connectivity index (χ3v) is 4.29. The molecule has 16 heavy (non-hydrogen) atoms. The fraction of sp³-hybridized carbons (Fsp3) is 0.222. The van der Waals surface area contributed by atoms with E-state index < -0.39 is 16.0 Å². The zero-order valence-corrected chi connectivity index (χ0v) is 11.6. The number of ether oxygens (including phenoxy) is 1. The molecule has 0 fully saturated rings. The van der Waals surface area contributed by atoms with Gasteiger partial charge < -0.3 is 4.74 Å². The molecule has 0 heterocycles. The van der Waals surface area contributed by atoms with E-state index in [2.05, 4.69) is 4.74 Å². The fourth-order valence-corrected chi connectivity index (χ4v) is 2.31. The van der Waals surface area contributed by atoms with Gasteiger partial charge >= 0.3 is 5.97 Å². The highest BCUT2D eigenvalue weighted by molar-refractivity contribution is 14.1. The number of nitrogens with two attached hydrogens (primary N) is 1. The minimum atomic E-state index is -3.82. The molecule has 2 N–H and O–H groups in total. The van der Waals surface area contributed by atoms with Crippen molar-refractivity contribution in [1.82, 2.24) is 0 Å². The Bertz CT molecular complexity index is 539. The van der Waals surface area contributed by atoms with E-state index >= 15 is 0 Å². The number of sulfonamides is 1. The maximum Gasteiger partial charge on any atom is 0.338 e. The van der Waals surface area contributed by atoms with Crippen LogP contribution in [0.1, 0.15) is 15.9 Å². The molecule has 1 aromatic carbocycles. The van der Waals surface area contributed by atoms with Crippen LogP contribution in [0.25, 0.3) is 0 Å². The molecule has 0 saturated heterocycles. The first-order valence-corrected chi connectivity index (χ1v) is 6.81. The second-order valence-corrected chi connectivity index (χ2v) is 5.78. The summed E-state index contributed by atoms with van der Waals surface area (Å²) >= 11 is 1.95. The summed E-state index contributed by atoms with van der Waals surface area (Å²) in [6, 6.07) is 2.64. The minimum absolute atomic E-state index is 0.0918. The minimum Gasteiger partial charge on any atom is -0.465 e. The van der Waals surface area contributed by atoms with E-state index in [1.165, 1.54) is 19.2 Å². The van der Waals surface area contributed by atoms with E-state index in [0.717, 1.165) is 0 Å². The summed E-state index contributed by atoms with van der Waals surface area (Å²) in [7, 11) is -2.58. The number of halogens is 1. The highest BCUT2D eigenvalue weighted by atomic mass is 127. The predicted molar refractivity (Wildman–Crippen MR) is 66.6 cm³/mol. The Kier molecular flexibility index (Phi) is 3.92. The van der Waals surface area contributed by atoms with E-state index in [9.17, 15) is 13.2 Å². The van der Waals surface area contributed by atoms with E-state index in [-0.39, 0.29) is 10.5 Å². The van der Waals surface area contributed by atoms with Crippen LogP contribution in [0, 0.1) is 10.5 Å². The maximum atomic E-state index is 11.4. The van der Waals surface area contributed by atoms with Crippen LogP contribution < -0.4 is 5.14 Å². The van der Waals surface area contributed by atoms with Crippen LogP contribution in [-0.2, 0) is 14.8 Å². The van der Waals surface area contributed by atoms with Gasteiger partial charge in [0.05, 0.1) is 17.6 Å². The van der Waals surface area contributed by atoms with Gasteiger partial charge in [0.2, 0.25) is 10.0 Å². The van der Waals surface area contributed by atoms with Crippen LogP contribution in [0.4, 0.5) is 0 Å². The topological polar surface area (TPSA) is 86.5 Å². The van der Waals surface area contributed by atoms with Crippen LogP contribution >= 0.6 is 22.6 Å². The zero-order chi connectivity index (χ0) is 12.5. The van der Waals surface area contributed by atoms with Crippen molar-refractivity contribution < 1.29 is 17.9 Å². The smallest absolute Gasteiger partial charge is 0.338 e. The highest BCUT2D eigenvalue weighted by Gasteiger charge is 2.17. The molecule has 7 heteroatoms. The van der Waals surface area contributed by atoms with Crippen molar-refractivity contribution in [2.75, 3.05) is 7.11 Å². The molecule has 0 aliphatic carbocycles. The average molecular weight is 355 g/mol. The Balaban J connectivity index is 3.51. The molecule has 0 aromatic heterocycles. The zero-order valence-electron chi connectivity index (χ0n) is 8.65. The Morgan fingerprint density at radius 3 is 2.44 bits per heavy atom. The van der Waals surface area contributed by atoms with Crippen LogP contribution in [0.2, 0.25) is 0 Å². The van der Waals surface area contributed by atoms with Gasteiger partial charge in [0, 0.05) is 3.57 Å². The Morgan fingerprint density at radius 2 is 2.00 bits per heavy atom. The van der Waals surface area contributed by atoms with Gasteiger partial charge in [0.1, 0.15) is 0 Å². The first kappa shape index (κ1) is 13.4. The maximum absolute atomic E-state index is 11.4. The summed E-state index contributed by atoms with van der Waals surface area (Å²) in [6.07, 6.45) is 0. The van der Waals surface area contributed by atoms with Crippen molar-refractivity contribution in [2.24, 2.45) is 5.14 Å². The lowest BCUT2D eigenvalue weighted by Gasteiger charge is -2.08. The number of benzene rings is 1. The molecule has 0 atom stereocenters. The molecule has 0 radical (unpaired) electrons. The van der Waals surface area contributed by atoms with Gasteiger partial charge in [-0.3, -0.25) is 0 Å². The monoisotopic (exact) mass is 355 g/mol. The van der Waals surface area contributed by atoms with Crippen LogP contribution in [0.5, 0.6) is 0 Å². The summed E-state index contributed by atoms with van der Waals surface area (Å²) in [5.74, 6) is -0.585. The first-order chi connectivity index (χ1) is 7.27. The van der Waals surface area contributed by atoms with Gasteiger partial charge in [-0.15, -0.1) is 0 Å². The number of primary sulfonamides is 1. The molecular formula is C9H10INO4S. The largest absolute Gasteiger partial charge is 0.465 e. The van der Waals surface area contributed by atoms with Crippen molar-refractivity contribution in [1.29, 1.82) is 0 Å². The van der Waals surface area contributed by atoms with Crippen LogP contribution in [-0.4, -0.2) is 21.5 Å². The van der Waals surface area contributed by atoms with Crippen molar-refractivity contribution >= 4 is 38.6 Å². The summed E-state index contributed by atoms with van der Waals surface area (Å²) in [5.41, 5.74) is 0.861. The molecule has 0 aliphatic heterocycles. The number of methoxy groups -OCH3 is 1. The molecule has 5 nitrogen and oxygen atoms in total. The van der Waals surface area contributed by atoms with E-state index in [1.807, 2.05) is 22.6 Å². The normalized spacial score (nSPS) is 11.2. The van der Waals surface area contributed by atoms with Crippen LogP contribution in [0.15, 0.2) is 17.0 Å². The third kappa shape index (κ3) is 2.71. The highest BCUT2D eigenvalue weighted by Crippen LogP contribution is 2.22. The number of carbonyl (C=O) groups excluding carboxylic acids is 1. The molecule has 0 spiro atoms. The van der Waals surface area contributed by atoms with Crippen molar-refractivity contribution in [3.05, 3.63) is 26.8 Å². The standard InChI is InChI=1S/C9H10INO4S/c1-5-3-6(16(11,13)14)4-7(8(5)10)9(12)15-2/h3-4H,1-2H3,(H2,11,13,14). The summed E-state index contributed by atoms with van der Waals surface area (Å²) in [5, 5.41) is 5.00. The van der Waals surface area contributed by atoms with Gasteiger partial charge in [-0.25, -0.2) is 18.4 Å². The molecule has 1 aromatic rings. The molecular weight excluding hydrogens is 345 g/mol. The predicted octanol–water partition coefficient (Wildman–Crippen LogP) is 1.03. The number of rotatable bonds is 2. The van der Waals surface area contributed by atoms with Gasteiger partial charge in [-0.05, 0) is 47.2 Å². The number of hydrogen-bond donors (Lipinski definition) is 1. The molecule has 0 unspecified atom stereocenters. The number of esters is 1. The Hall–Kier alpha value is -0.670. The van der Waals surface area contributed by atoms with Gasteiger partial charge in [0.15, 0.2) is 0 Å². The van der Waals surface area contributed by atoms with Gasteiger partial charge in [-0.2, -0.15) is 0 Å². The molecule has 0 aliphatic rings. The van der Waals surface area contributed by atoms with E-state index in [1.54, 1.807) is 6.92 Å². The summed E-state index contributed by atoms with van der Waals surface area (Å²) in [6.45, 7) is 1.70. The molecule has 0 amide bonds. The van der Waals surface area contributed by atoms with Crippen LogP contribution in [0.3, 0.4) is 0 Å². The van der Waals surface area contributed by atoms with Crippen molar-refractivity contribution in [2.45, 2.75) is 11.8 Å². The van der Waals surface area contributed by atoms with Gasteiger partial charge in [0.25, 0.3) is 0 Å². The first-order valence-electron chi connectivity index (χ1n) is 4.18. The van der Waals surface area contributed by atoms with Crippen molar-refractivity contribution in [3.8, 4) is 0 Å². The lowest BCUT2D eigenvalue weighted by atomic mass is 10.1. The number of carbonyl (C=O) groups is 1. The quantitative estimate of drug-likeness (QED) is 0.634. The lowest BCUT2D eigenvalue weighted by molar-refractivity contribution is 0.0599. The third-order valence-electron chi connectivity index (χ3n) is 1.96. The Labute approximate surface area is 107 Å². The number of aryl methyl sites for hydroxylation is 1. The van der Waals surface area contributed by atoms with Crippen molar-refractivity contribution in [3.63, 3.8) is 0 Å². The second kappa shape index (κ2) is 4.68.